The summed E-state index contributed by atoms with van der Waals surface area (Å²) >= 11 is 11.4. The first kappa shape index (κ1) is 12.1. The van der Waals surface area contributed by atoms with Gasteiger partial charge in [0.05, 0.1) is 6.61 Å². The number of amides is 1. The van der Waals surface area contributed by atoms with Gasteiger partial charge >= 0.3 is 6.09 Å². The van der Waals surface area contributed by atoms with E-state index in [9.17, 15) is 4.79 Å². The van der Waals surface area contributed by atoms with Crippen LogP contribution in [0, 0.1) is 0 Å². The molecule has 1 aromatic rings. The number of hydrogen-bond acceptors (Lipinski definition) is 3. The zero-order valence-electron chi connectivity index (χ0n) is 7.67. The number of nitrogens with one attached hydrogen (secondary N) is 1. The molecule has 0 fully saturated rings. The Morgan fingerprint density at radius 1 is 1.33 bits per heavy atom. The fourth-order valence-corrected chi connectivity index (χ4v) is 1.44. The summed E-state index contributed by atoms with van der Waals surface area (Å²) in [5, 5.41) is 11.7. The van der Waals surface area contributed by atoms with Gasteiger partial charge in [0, 0.05) is 15.7 Å². The molecule has 0 aromatic heterocycles. The molecule has 2 N–H and O–H groups in total. The highest BCUT2D eigenvalue weighted by Gasteiger charge is 2.04. The molecule has 4 nitrogen and oxygen atoms in total. The molecule has 0 bridgehead atoms. The molecule has 0 spiro atoms. The minimum absolute atomic E-state index is 0.0554. The summed E-state index contributed by atoms with van der Waals surface area (Å²) in [5.41, 5.74) is 0.440. The molecule has 0 aliphatic heterocycles. The largest absolute Gasteiger partial charge is 0.447 e. The first-order valence-electron chi connectivity index (χ1n) is 4.12. The Labute approximate surface area is 96.8 Å². The van der Waals surface area contributed by atoms with Crippen LogP contribution in [0.15, 0.2) is 18.2 Å². The SMILES string of the molecule is O=C(Nc1cc(Cl)cc(Cl)c1)OCCO. The van der Waals surface area contributed by atoms with Gasteiger partial charge in [-0.15, -0.1) is 0 Å². The van der Waals surface area contributed by atoms with Crippen molar-refractivity contribution in [3.8, 4) is 0 Å². The monoisotopic (exact) mass is 249 g/mol. The first-order chi connectivity index (χ1) is 7.11. The van der Waals surface area contributed by atoms with Gasteiger partial charge in [-0.25, -0.2) is 4.79 Å². The van der Waals surface area contributed by atoms with Crippen LogP contribution >= 0.6 is 23.2 Å². The molecule has 82 valence electrons. The molecule has 0 heterocycles. The van der Waals surface area contributed by atoms with E-state index < -0.39 is 6.09 Å². The van der Waals surface area contributed by atoms with E-state index in [0.717, 1.165) is 0 Å². The maximum absolute atomic E-state index is 11.1. The second kappa shape index (κ2) is 5.80. The van der Waals surface area contributed by atoms with E-state index in [0.29, 0.717) is 15.7 Å². The number of anilines is 1. The number of aliphatic hydroxyl groups excluding tert-OH is 1. The summed E-state index contributed by atoms with van der Waals surface area (Å²) in [6.07, 6.45) is -0.664. The van der Waals surface area contributed by atoms with Crippen LogP contribution in [0.25, 0.3) is 0 Å². The highest BCUT2D eigenvalue weighted by molar-refractivity contribution is 6.35. The molecule has 0 aliphatic carbocycles. The molecule has 15 heavy (non-hydrogen) atoms. The number of halogens is 2. The number of carbonyl (C=O) groups excluding carboxylic acids is 1. The third-order valence-electron chi connectivity index (χ3n) is 1.43. The van der Waals surface area contributed by atoms with E-state index >= 15 is 0 Å². The van der Waals surface area contributed by atoms with Crippen LogP contribution < -0.4 is 5.32 Å². The standard InChI is InChI=1S/C9H9Cl2NO3/c10-6-3-7(11)5-8(4-6)12-9(14)15-2-1-13/h3-5,13H,1-2H2,(H,12,14). The molecule has 0 unspecified atom stereocenters. The van der Waals surface area contributed by atoms with Crippen LogP contribution in [-0.4, -0.2) is 24.4 Å². The molecule has 0 saturated heterocycles. The predicted molar refractivity (Wildman–Crippen MR) is 58.5 cm³/mol. The maximum Gasteiger partial charge on any atom is 0.411 e. The number of ether oxygens (including phenoxy) is 1. The zero-order chi connectivity index (χ0) is 11.3. The summed E-state index contributed by atoms with van der Waals surface area (Å²) in [5.74, 6) is 0. The third-order valence-corrected chi connectivity index (χ3v) is 1.87. The van der Waals surface area contributed by atoms with Crippen molar-refractivity contribution in [1.29, 1.82) is 0 Å². The lowest BCUT2D eigenvalue weighted by Crippen LogP contribution is -2.15. The maximum atomic E-state index is 11.1. The summed E-state index contributed by atoms with van der Waals surface area (Å²) in [7, 11) is 0. The summed E-state index contributed by atoms with van der Waals surface area (Å²) in [6, 6.07) is 4.62. The average molecular weight is 250 g/mol. The summed E-state index contributed by atoms with van der Waals surface area (Å²) in [4.78, 5) is 11.1. The Morgan fingerprint density at radius 2 is 1.93 bits per heavy atom. The quantitative estimate of drug-likeness (QED) is 0.866. The normalized spacial score (nSPS) is 9.80. The summed E-state index contributed by atoms with van der Waals surface area (Å²) < 4.78 is 4.59. The van der Waals surface area contributed by atoms with E-state index in [4.69, 9.17) is 28.3 Å². The third kappa shape index (κ3) is 4.38. The van der Waals surface area contributed by atoms with Crippen molar-refractivity contribution in [2.24, 2.45) is 0 Å². The number of carbonyl (C=O) groups is 1. The topological polar surface area (TPSA) is 58.6 Å². The van der Waals surface area contributed by atoms with Crippen LogP contribution in [0.5, 0.6) is 0 Å². The predicted octanol–water partition coefficient (Wildman–Crippen LogP) is 2.53. The second-order valence-corrected chi connectivity index (χ2v) is 3.52. The van der Waals surface area contributed by atoms with Gasteiger partial charge < -0.3 is 9.84 Å². The molecule has 0 radical (unpaired) electrons. The van der Waals surface area contributed by atoms with Crippen LogP contribution in [0.3, 0.4) is 0 Å². The first-order valence-corrected chi connectivity index (χ1v) is 4.88. The van der Waals surface area contributed by atoms with E-state index in [1.54, 1.807) is 6.07 Å². The molecular weight excluding hydrogens is 241 g/mol. The number of aliphatic hydroxyl groups is 1. The Morgan fingerprint density at radius 3 is 2.47 bits per heavy atom. The van der Waals surface area contributed by atoms with Crippen molar-refractivity contribution >= 4 is 35.0 Å². The molecule has 1 rings (SSSR count). The van der Waals surface area contributed by atoms with Gasteiger partial charge in [0.25, 0.3) is 0 Å². The lowest BCUT2D eigenvalue weighted by atomic mass is 10.3. The fourth-order valence-electron chi connectivity index (χ4n) is 0.918. The number of benzene rings is 1. The minimum Gasteiger partial charge on any atom is -0.447 e. The van der Waals surface area contributed by atoms with Crippen molar-refractivity contribution in [1.82, 2.24) is 0 Å². The van der Waals surface area contributed by atoms with Crippen LogP contribution in [0.2, 0.25) is 10.0 Å². The Kier molecular flexibility index (Phi) is 4.68. The van der Waals surface area contributed by atoms with Crippen molar-refractivity contribution < 1.29 is 14.6 Å². The van der Waals surface area contributed by atoms with Gasteiger partial charge in [-0.2, -0.15) is 0 Å². The summed E-state index contributed by atoms with van der Waals surface area (Å²) in [6.45, 7) is -0.274. The minimum atomic E-state index is -0.664. The van der Waals surface area contributed by atoms with Crippen molar-refractivity contribution in [3.05, 3.63) is 28.2 Å². The van der Waals surface area contributed by atoms with E-state index in [1.165, 1.54) is 12.1 Å². The molecule has 1 aromatic carbocycles. The van der Waals surface area contributed by atoms with Crippen molar-refractivity contribution in [3.63, 3.8) is 0 Å². The second-order valence-electron chi connectivity index (χ2n) is 2.64. The zero-order valence-corrected chi connectivity index (χ0v) is 9.18. The van der Waals surface area contributed by atoms with E-state index in [-0.39, 0.29) is 13.2 Å². The van der Waals surface area contributed by atoms with Gasteiger partial charge in [-0.05, 0) is 18.2 Å². The van der Waals surface area contributed by atoms with Crippen LogP contribution in [-0.2, 0) is 4.74 Å². The molecular formula is C9H9Cl2NO3. The van der Waals surface area contributed by atoms with Gasteiger partial charge in [0.2, 0.25) is 0 Å². The lowest BCUT2D eigenvalue weighted by molar-refractivity contribution is 0.131. The van der Waals surface area contributed by atoms with E-state index in [1.807, 2.05) is 0 Å². The highest BCUT2D eigenvalue weighted by atomic mass is 35.5. The van der Waals surface area contributed by atoms with Crippen LogP contribution in [0.4, 0.5) is 10.5 Å². The van der Waals surface area contributed by atoms with E-state index in [2.05, 4.69) is 10.1 Å². The number of hydrogen-bond donors (Lipinski definition) is 2. The lowest BCUT2D eigenvalue weighted by Gasteiger charge is -2.06. The molecule has 0 saturated carbocycles. The van der Waals surface area contributed by atoms with Gasteiger partial charge in [-0.1, -0.05) is 23.2 Å². The molecule has 1 amide bonds. The fraction of sp³-hybridized carbons (Fsp3) is 0.222. The molecule has 6 heteroatoms. The Balaban J connectivity index is 2.60. The van der Waals surface area contributed by atoms with Gasteiger partial charge in [0.1, 0.15) is 6.61 Å². The molecule has 0 aliphatic rings. The Bertz CT molecular complexity index is 337. The van der Waals surface area contributed by atoms with Gasteiger partial charge in [0.15, 0.2) is 0 Å². The van der Waals surface area contributed by atoms with Crippen molar-refractivity contribution in [2.75, 3.05) is 18.5 Å². The molecule has 0 atom stereocenters. The smallest absolute Gasteiger partial charge is 0.411 e. The Hall–Kier alpha value is -0.970. The van der Waals surface area contributed by atoms with Crippen LogP contribution in [0.1, 0.15) is 0 Å². The van der Waals surface area contributed by atoms with Gasteiger partial charge in [-0.3, -0.25) is 5.32 Å². The average Bonchev–Trinajstić information content (AvgIpc) is 2.13. The number of rotatable bonds is 3. The highest BCUT2D eigenvalue weighted by Crippen LogP contribution is 2.22. The van der Waals surface area contributed by atoms with Crippen molar-refractivity contribution in [2.45, 2.75) is 0 Å².